The highest BCUT2D eigenvalue weighted by Crippen LogP contribution is 2.26. The molecule has 1 N–H and O–H groups in total. The topological polar surface area (TPSA) is 62.3 Å². The summed E-state index contributed by atoms with van der Waals surface area (Å²) in [6.07, 6.45) is 4.52. The summed E-state index contributed by atoms with van der Waals surface area (Å²) in [6.45, 7) is 6.22. The number of sulfonamides is 1. The fourth-order valence-electron chi connectivity index (χ4n) is 2.42. The normalized spacial score (nSPS) is 20.2. The molecule has 20 heavy (non-hydrogen) atoms. The van der Waals surface area contributed by atoms with Crippen LogP contribution in [0.5, 0.6) is 0 Å². The van der Waals surface area contributed by atoms with E-state index in [-0.39, 0.29) is 0 Å². The molecule has 0 saturated carbocycles. The Bertz CT molecular complexity index is 545. The molecule has 0 bridgehead atoms. The Kier molecular flexibility index (Phi) is 4.99. The van der Waals surface area contributed by atoms with Crippen molar-refractivity contribution in [1.29, 1.82) is 0 Å². The molecule has 2 rings (SSSR count). The van der Waals surface area contributed by atoms with Gasteiger partial charge in [0.25, 0.3) is 0 Å². The Hall–Kier alpha value is -1.14. The first-order chi connectivity index (χ1) is 9.57. The molecule has 0 amide bonds. The Balaban J connectivity index is 2.17. The molecule has 0 aliphatic carbocycles. The molecule has 0 spiro atoms. The van der Waals surface area contributed by atoms with Gasteiger partial charge in [0, 0.05) is 31.9 Å². The Morgan fingerprint density at radius 3 is 2.90 bits per heavy atom. The average molecular weight is 297 g/mol. The fraction of sp³-hybridized carbons (Fsp3) is 0.643. The Morgan fingerprint density at radius 2 is 2.25 bits per heavy atom. The molecular weight excluding hydrogens is 274 g/mol. The second kappa shape index (κ2) is 6.54. The second-order valence-electron chi connectivity index (χ2n) is 5.23. The van der Waals surface area contributed by atoms with Crippen molar-refractivity contribution >= 4 is 15.8 Å². The molecule has 2 heterocycles. The minimum absolute atomic E-state index is 0.336. The Morgan fingerprint density at radius 1 is 1.45 bits per heavy atom. The molecule has 1 fully saturated rings. The highest BCUT2D eigenvalue weighted by Gasteiger charge is 2.31. The number of nitrogens with one attached hydrogen (secondary N) is 1. The number of aromatic nitrogens is 1. The molecule has 1 unspecified atom stereocenters. The molecule has 5 nitrogen and oxygen atoms in total. The van der Waals surface area contributed by atoms with E-state index in [1.54, 1.807) is 22.6 Å². The summed E-state index contributed by atoms with van der Waals surface area (Å²) in [5, 5.41) is 3.12. The predicted molar refractivity (Wildman–Crippen MR) is 80.2 cm³/mol. The fourth-order valence-corrected chi connectivity index (χ4v) is 3.96. The van der Waals surface area contributed by atoms with Crippen molar-refractivity contribution in [2.24, 2.45) is 5.92 Å². The van der Waals surface area contributed by atoms with E-state index in [9.17, 15) is 8.42 Å². The van der Waals surface area contributed by atoms with Gasteiger partial charge in [0.1, 0.15) is 5.82 Å². The van der Waals surface area contributed by atoms with Crippen LogP contribution in [0.3, 0.4) is 0 Å². The third-order valence-electron chi connectivity index (χ3n) is 3.75. The molecule has 1 aliphatic heterocycles. The molecule has 1 saturated heterocycles. The third kappa shape index (κ3) is 3.30. The van der Waals surface area contributed by atoms with Crippen molar-refractivity contribution in [2.75, 3.05) is 25.0 Å². The molecule has 1 atom stereocenters. The van der Waals surface area contributed by atoms with E-state index in [0.29, 0.717) is 29.7 Å². The number of nitrogens with zero attached hydrogens (tertiary/aromatic N) is 2. The van der Waals surface area contributed by atoms with Crippen molar-refractivity contribution in [1.82, 2.24) is 9.29 Å². The highest BCUT2D eigenvalue weighted by atomic mass is 32.2. The summed E-state index contributed by atoms with van der Waals surface area (Å²) in [6, 6.07) is 3.20. The van der Waals surface area contributed by atoms with Crippen LogP contribution in [0.4, 0.5) is 5.82 Å². The summed E-state index contributed by atoms with van der Waals surface area (Å²) in [4.78, 5) is 4.49. The monoisotopic (exact) mass is 297 g/mol. The zero-order valence-corrected chi connectivity index (χ0v) is 13.0. The molecule has 1 aromatic rings. The average Bonchev–Trinajstić information content (AvgIpc) is 2.95. The first kappa shape index (κ1) is 15.3. The lowest BCUT2D eigenvalue weighted by Crippen LogP contribution is -2.29. The van der Waals surface area contributed by atoms with E-state index in [0.717, 1.165) is 25.8 Å². The van der Waals surface area contributed by atoms with Crippen LogP contribution >= 0.6 is 0 Å². The summed E-state index contributed by atoms with van der Waals surface area (Å²) in [5.74, 6) is 1.11. The number of hydrogen-bond donors (Lipinski definition) is 1. The van der Waals surface area contributed by atoms with Gasteiger partial charge in [-0.2, -0.15) is 4.31 Å². The second-order valence-corrected chi connectivity index (χ2v) is 7.17. The van der Waals surface area contributed by atoms with Crippen molar-refractivity contribution in [2.45, 2.75) is 38.0 Å². The summed E-state index contributed by atoms with van der Waals surface area (Å²) in [5.41, 5.74) is 0. The number of rotatable bonds is 6. The lowest BCUT2D eigenvalue weighted by Gasteiger charge is -2.17. The van der Waals surface area contributed by atoms with E-state index in [4.69, 9.17) is 0 Å². The van der Waals surface area contributed by atoms with Gasteiger partial charge in [-0.1, -0.05) is 20.3 Å². The van der Waals surface area contributed by atoms with Gasteiger partial charge in [0.15, 0.2) is 0 Å². The van der Waals surface area contributed by atoms with Crippen LogP contribution in [0.15, 0.2) is 23.2 Å². The van der Waals surface area contributed by atoms with Gasteiger partial charge in [0.05, 0.1) is 4.90 Å². The maximum atomic E-state index is 12.6. The Labute approximate surface area is 121 Å². The zero-order valence-electron chi connectivity index (χ0n) is 12.2. The molecule has 112 valence electrons. The molecule has 0 aromatic carbocycles. The summed E-state index contributed by atoms with van der Waals surface area (Å²) >= 11 is 0. The molecule has 1 aromatic heterocycles. The number of hydrogen-bond acceptors (Lipinski definition) is 4. The van der Waals surface area contributed by atoms with Gasteiger partial charge in [-0.15, -0.1) is 0 Å². The zero-order chi connectivity index (χ0) is 14.6. The van der Waals surface area contributed by atoms with E-state index in [1.807, 2.05) is 0 Å². The number of pyridine rings is 1. The van der Waals surface area contributed by atoms with E-state index in [1.165, 1.54) is 0 Å². The van der Waals surface area contributed by atoms with E-state index < -0.39 is 10.0 Å². The van der Waals surface area contributed by atoms with Crippen LogP contribution in [0.2, 0.25) is 0 Å². The molecular formula is C14H23N3O2S. The summed E-state index contributed by atoms with van der Waals surface area (Å²) < 4.78 is 26.8. The summed E-state index contributed by atoms with van der Waals surface area (Å²) in [7, 11) is -3.38. The van der Waals surface area contributed by atoms with Crippen LogP contribution in [0, 0.1) is 5.92 Å². The van der Waals surface area contributed by atoms with Crippen molar-refractivity contribution < 1.29 is 8.42 Å². The van der Waals surface area contributed by atoms with Gasteiger partial charge in [-0.3, -0.25) is 0 Å². The van der Waals surface area contributed by atoms with Crippen LogP contribution in [-0.4, -0.2) is 37.3 Å². The van der Waals surface area contributed by atoms with Gasteiger partial charge in [0.2, 0.25) is 10.0 Å². The van der Waals surface area contributed by atoms with E-state index >= 15 is 0 Å². The van der Waals surface area contributed by atoms with E-state index in [2.05, 4.69) is 24.1 Å². The minimum Gasteiger partial charge on any atom is -0.370 e. The molecule has 1 aliphatic rings. The lowest BCUT2D eigenvalue weighted by molar-refractivity contribution is 0.453. The first-order valence-electron chi connectivity index (χ1n) is 7.28. The molecule has 6 heteroatoms. The SMILES string of the molecule is CCCNc1cc(S(=O)(=O)N2CCC(CC)C2)ccn1. The van der Waals surface area contributed by atoms with Crippen molar-refractivity contribution in [3.63, 3.8) is 0 Å². The maximum Gasteiger partial charge on any atom is 0.243 e. The van der Waals surface area contributed by atoms with Crippen molar-refractivity contribution in [3.8, 4) is 0 Å². The van der Waals surface area contributed by atoms with Crippen LogP contribution in [0.25, 0.3) is 0 Å². The molecule has 0 radical (unpaired) electrons. The van der Waals surface area contributed by atoms with Crippen LogP contribution in [0.1, 0.15) is 33.1 Å². The predicted octanol–water partition coefficient (Wildman–Crippen LogP) is 2.32. The van der Waals surface area contributed by atoms with Gasteiger partial charge < -0.3 is 5.32 Å². The minimum atomic E-state index is -3.38. The van der Waals surface area contributed by atoms with Crippen molar-refractivity contribution in [3.05, 3.63) is 18.3 Å². The van der Waals surface area contributed by atoms with Gasteiger partial charge in [-0.25, -0.2) is 13.4 Å². The standard InChI is InChI=1S/C14H23N3O2S/c1-3-7-15-14-10-13(5-8-16-14)20(18,19)17-9-6-12(4-2)11-17/h5,8,10,12H,3-4,6-7,9,11H2,1-2H3,(H,15,16). The third-order valence-corrected chi connectivity index (χ3v) is 5.61. The van der Waals surface area contributed by atoms with Gasteiger partial charge in [-0.05, 0) is 24.8 Å². The first-order valence-corrected chi connectivity index (χ1v) is 8.72. The van der Waals surface area contributed by atoms with Crippen LogP contribution < -0.4 is 5.32 Å². The van der Waals surface area contributed by atoms with Crippen LogP contribution in [-0.2, 0) is 10.0 Å². The smallest absolute Gasteiger partial charge is 0.243 e. The quantitative estimate of drug-likeness (QED) is 0.875. The number of anilines is 1. The maximum absolute atomic E-state index is 12.6. The lowest BCUT2D eigenvalue weighted by atomic mass is 10.1. The highest BCUT2D eigenvalue weighted by molar-refractivity contribution is 7.89. The van der Waals surface area contributed by atoms with Gasteiger partial charge >= 0.3 is 0 Å². The largest absolute Gasteiger partial charge is 0.370 e.